The van der Waals surface area contributed by atoms with Crippen molar-refractivity contribution >= 4 is 31.9 Å². The van der Waals surface area contributed by atoms with Crippen LogP contribution in [0.1, 0.15) is 11.1 Å². The fraction of sp³-hybridized carbons (Fsp3) is 0.417. The summed E-state index contributed by atoms with van der Waals surface area (Å²) in [5.74, 6) is -0.133. The van der Waals surface area contributed by atoms with Gasteiger partial charge in [-0.05, 0) is 24.1 Å². The average molecular weight is 349 g/mol. The topological polar surface area (TPSA) is 75.3 Å². The first kappa shape index (κ1) is 16.1. The fourth-order valence-electron chi connectivity index (χ4n) is 1.43. The lowest BCUT2D eigenvalue weighted by Crippen LogP contribution is -2.34. The molecule has 106 valence electrons. The molecule has 7 heteroatoms. The standard InChI is InChI=1S/C12H17BrN2O3S/c1-9-3-4-10(7-11(9)13)8-12(16)14-5-6-15-19(2,17)18/h3-4,7,15H,5-6,8H2,1-2H3,(H,14,16). The van der Waals surface area contributed by atoms with Crippen molar-refractivity contribution in [3.63, 3.8) is 0 Å². The molecule has 1 amide bonds. The Balaban J connectivity index is 2.37. The molecule has 0 bridgehead atoms. The van der Waals surface area contributed by atoms with Gasteiger partial charge in [0.25, 0.3) is 0 Å². The summed E-state index contributed by atoms with van der Waals surface area (Å²) in [7, 11) is -3.20. The van der Waals surface area contributed by atoms with Crippen LogP contribution in [0.15, 0.2) is 22.7 Å². The molecule has 2 N–H and O–H groups in total. The van der Waals surface area contributed by atoms with Crippen molar-refractivity contribution in [2.45, 2.75) is 13.3 Å². The molecule has 0 atom stereocenters. The highest BCUT2D eigenvalue weighted by molar-refractivity contribution is 9.10. The zero-order valence-corrected chi connectivity index (χ0v) is 13.3. The minimum Gasteiger partial charge on any atom is -0.355 e. The van der Waals surface area contributed by atoms with Crippen molar-refractivity contribution in [1.82, 2.24) is 10.0 Å². The molecule has 0 spiro atoms. The van der Waals surface area contributed by atoms with E-state index in [4.69, 9.17) is 0 Å². The van der Waals surface area contributed by atoms with Gasteiger partial charge in [-0.25, -0.2) is 13.1 Å². The first-order chi connectivity index (χ1) is 8.78. The van der Waals surface area contributed by atoms with Gasteiger partial charge in [-0.3, -0.25) is 4.79 Å². The molecule has 0 fully saturated rings. The lowest BCUT2D eigenvalue weighted by Gasteiger charge is -2.07. The molecule has 19 heavy (non-hydrogen) atoms. The predicted octanol–water partition coefficient (Wildman–Crippen LogP) is 0.965. The summed E-state index contributed by atoms with van der Waals surface area (Å²) in [5, 5.41) is 2.66. The van der Waals surface area contributed by atoms with Gasteiger partial charge in [0.05, 0.1) is 12.7 Å². The number of rotatable bonds is 6. The number of hydrogen-bond acceptors (Lipinski definition) is 3. The number of sulfonamides is 1. The summed E-state index contributed by atoms with van der Waals surface area (Å²) in [4.78, 5) is 11.6. The van der Waals surface area contributed by atoms with Crippen molar-refractivity contribution in [2.75, 3.05) is 19.3 Å². The monoisotopic (exact) mass is 348 g/mol. The second-order valence-corrected chi connectivity index (χ2v) is 6.96. The van der Waals surface area contributed by atoms with Crippen molar-refractivity contribution in [3.8, 4) is 0 Å². The van der Waals surface area contributed by atoms with Crippen LogP contribution in [0.5, 0.6) is 0 Å². The number of carbonyl (C=O) groups is 1. The van der Waals surface area contributed by atoms with E-state index in [0.717, 1.165) is 21.9 Å². The fourth-order valence-corrected chi connectivity index (χ4v) is 2.33. The van der Waals surface area contributed by atoms with E-state index in [1.165, 1.54) is 0 Å². The van der Waals surface area contributed by atoms with Crippen LogP contribution < -0.4 is 10.0 Å². The summed E-state index contributed by atoms with van der Waals surface area (Å²) in [5.41, 5.74) is 2.02. The first-order valence-electron chi connectivity index (χ1n) is 5.74. The molecular formula is C12H17BrN2O3S. The Morgan fingerprint density at radius 1 is 1.32 bits per heavy atom. The van der Waals surface area contributed by atoms with E-state index in [-0.39, 0.29) is 25.4 Å². The van der Waals surface area contributed by atoms with Crippen molar-refractivity contribution in [3.05, 3.63) is 33.8 Å². The molecule has 1 aromatic rings. The van der Waals surface area contributed by atoms with Gasteiger partial charge in [0.1, 0.15) is 0 Å². The number of hydrogen-bond donors (Lipinski definition) is 2. The van der Waals surface area contributed by atoms with Crippen LogP contribution >= 0.6 is 15.9 Å². The molecule has 0 radical (unpaired) electrons. The third-order valence-electron chi connectivity index (χ3n) is 2.41. The smallest absolute Gasteiger partial charge is 0.224 e. The third-order valence-corrected chi connectivity index (χ3v) is 4.00. The van der Waals surface area contributed by atoms with E-state index < -0.39 is 10.0 Å². The van der Waals surface area contributed by atoms with Crippen molar-refractivity contribution in [2.24, 2.45) is 0 Å². The Morgan fingerprint density at radius 3 is 2.58 bits per heavy atom. The van der Waals surface area contributed by atoms with Gasteiger partial charge in [-0.2, -0.15) is 0 Å². The SMILES string of the molecule is Cc1ccc(CC(=O)NCCNS(C)(=O)=O)cc1Br. The van der Waals surface area contributed by atoms with E-state index in [9.17, 15) is 13.2 Å². The van der Waals surface area contributed by atoms with Gasteiger partial charge in [0.2, 0.25) is 15.9 Å². The maximum absolute atomic E-state index is 11.6. The van der Waals surface area contributed by atoms with E-state index in [1.807, 2.05) is 25.1 Å². The molecule has 0 aliphatic heterocycles. The molecule has 1 aromatic carbocycles. The summed E-state index contributed by atoms with van der Waals surface area (Å²) in [6.07, 6.45) is 1.36. The van der Waals surface area contributed by atoms with Gasteiger partial charge in [0.15, 0.2) is 0 Å². The van der Waals surface area contributed by atoms with E-state index >= 15 is 0 Å². The van der Waals surface area contributed by atoms with Crippen molar-refractivity contribution < 1.29 is 13.2 Å². The molecule has 0 aromatic heterocycles. The summed E-state index contributed by atoms with van der Waals surface area (Å²) >= 11 is 3.41. The predicted molar refractivity (Wildman–Crippen MR) is 78.4 cm³/mol. The van der Waals surface area contributed by atoms with E-state index in [0.29, 0.717) is 0 Å². The molecule has 0 heterocycles. The third kappa shape index (κ3) is 6.70. The first-order valence-corrected chi connectivity index (χ1v) is 8.43. The largest absolute Gasteiger partial charge is 0.355 e. The lowest BCUT2D eigenvalue weighted by molar-refractivity contribution is -0.120. The highest BCUT2D eigenvalue weighted by Gasteiger charge is 2.05. The van der Waals surface area contributed by atoms with Crippen LogP contribution in [-0.2, 0) is 21.2 Å². The Hall–Kier alpha value is -0.920. The van der Waals surface area contributed by atoms with Gasteiger partial charge >= 0.3 is 0 Å². The minimum absolute atomic E-state index is 0.133. The Bertz CT molecular complexity index is 558. The van der Waals surface area contributed by atoms with Crippen LogP contribution in [0.2, 0.25) is 0 Å². The summed E-state index contributed by atoms with van der Waals surface area (Å²) < 4.78 is 24.9. The molecular weight excluding hydrogens is 332 g/mol. The van der Waals surface area contributed by atoms with E-state index in [2.05, 4.69) is 26.0 Å². The van der Waals surface area contributed by atoms with Crippen molar-refractivity contribution in [1.29, 1.82) is 0 Å². The van der Waals surface area contributed by atoms with Gasteiger partial charge in [-0.15, -0.1) is 0 Å². The lowest BCUT2D eigenvalue weighted by atomic mass is 10.1. The molecule has 0 aliphatic carbocycles. The van der Waals surface area contributed by atoms with Crippen LogP contribution in [0.25, 0.3) is 0 Å². The number of carbonyl (C=O) groups excluding carboxylic acids is 1. The highest BCUT2D eigenvalue weighted by Crippen LogP contribution is 2.17. The van der Waals surface area contributed by atoms with Crippen LogP contribution in [0.4, 0.5) is 0 Å². The Morgan fingerprint density at radius 2 is 2.00 bits per heavy atom. The molecule has 0 saturated carbocycles. The van der Waals surface area contributed by atoms with Crippen LogP contribution in [0, 0.1) is 6.92 Å². The zero-order chi connectivity index (χ0) is 14.5. The quantitative estimate of drug-likeness (QED) is 0.752. The minimum atomic E-state index is -3.20. The molecule has 5 nitrogen and oxygen atoms in total. The highest BCUT2D eigenvalue weighted by atomic mass is 79.9. The average Bonchev–Trinajstić information content (AvgIpc) is 2.28. The van der Waals surface area contributed by atoms with Crippen LogP contribution in [-0.4, -0.2) is 33.7 Å². The maximum Gasteiger partial charge on any atom is 0.224 e. The molecule has 0 saturated heterocycles. The summed E-state index contributed by atoms with van der Waals surface area (Å²) in [6, 6.07) is 5.75. The number of halogens is 1. The second kappa shape index (κ2) is 7.02. The molecule has 0 unspecified atom stereocenters. The van der Waals surface area contributed by atoms with Gasteiger partial charge in [0, 0.05) is 17.6 Å². The van der Waals surface area contributed by atoms with Gasteiger partial charge < -0.3 is 5.32 Å². The second-order valence-electron chi connectivity index (χ2n) is 4.28. The van der Waals surface area contributed by atoms with E-state index in [1.54, 1.807) is 0 Å². The Labute approximate surface area is 122 Å². The Kier molecular flexibility index (Phi) is 5.96. The number of aryl methyl sites for hydroxylation is 1. The number of nitrogens with one attached hydrogen (secondary N) is 2. The van der Waals surface area contributed by atoms with Gasteiger partial charge in [-0.1, -0.05) is 28.1 Å². The maximum atomic E-state index is 11.6. The zero-order valence-electron chi connectivity index (χ0n) is 10.9. The normalized spacial score (nSPS) is 11.3. The molecule has 1 rings (SSSR count). The summed E-state index contributed by atoms with van der Waals surface area (Å²) in [6.45, 7) is 2.45. The molecule has 0 aliphatic rings. The number of amides is 1. The van der Waals surface area contributed by atoms with Crippen LogP contribution in [0.3, 0.4) is 0 Å². The number of benzene rings is 1.